The summed E-state index contributed by atoms with van der Waals surface area (Å²) in [4.78, 5) is 25.0. The Balaban J connectivity index is 1.70. The van der Waals surface area contributed by atoms with Crippen LogP contribution < -0.4 is 10.1 Å². The molecule has 0 unspecified atom stereocenters. The highest BCUT2D eigenvalue weighted by Gasteiger charge is 2.13. The van der Waals surface area contributed by atoms with Crippen LogP contribution in [0.25, 0.3) is 10.2 Å². The van der Waals surface area contributed by atoms with Crippen LogP contribution in [0.5, 0.6) is 5.75 Å². The lowest BCUT2D eigenvalue weighted by Crippen LogP contribution is -2.14. The fourth-order valence-electron chi connectivity index (χ4n) is 2.10. The molecule has 0 radical (unpaired) electrons. The summed E-state index contributed by atoms with van der Waals surface area (Å²) in [5.41, 5.74) is 2.77. The van der Waals surface area contributed by atoms with Gasteiger partial charge in [-0.3, -0.25) is 4.79 Å². The third-order valence-electron chi connectivity index (χ3n) is 3.28. The standard InChI is InChI=1S/C16H16N4O2S2/c1-9-4-5-11(22-3)14-13(9)20-16(24-14)19-12(21)8-23-15-17-7-6-10(2)18-15/h4-7H,8H2,1-3H3,(H,19,20,21). The minimum atomic E-state index is -0.138. The number of nitrogens with zero attached hydrogens (tertiary/aromatic N) is 3. The summed E-state index contributed by atoms with van der Waals surface area (Å²) in [7, 11) is 1.63. The number of methoxy groups -OCH3 is 1. The van der Waals surface area contributed by atoms with Gasteiger partial charge in [0.25, 0.3) is 0 Å². The number of thioether (sulfide) groups is 1. The average Bonchev–Trinajstić information content (AvgIpc) is 2.98. The zero-order valence-corrected chi connectivity index (χ0v) is 15.1. The number of nitrogens with one attached hydrogen (secondary N) is 1. The molecule has 0 aliphatic heterocycles. The van der Waals surface area contributed by atoms with Gasteiger partial charge in [-0.25, -0.2) is 15.0 Å². The molecule has 0 bridgehead atoms. The molecule has 3 aromatic rings. The summed E-state index contributed by atoms with van der Waals surface area (Å²) < 4.78 is 6.29. The Bertz CT molecular complexity index is 895. The molecule has 0 aliphatic carbocycles. The van der Waals surface area contributed by atoms with E-state index >= 15 is 0 Å². The number of aryl methyl sites for hydroxylation is 2. The number of thiazole rings is 1. The number of rotatable bonds is 5. The Morgan fingerprint density at radius 1 is 1.29 bits per heavy atom. The molecular formula is C16H16N4O2S2. The van der Waals surface area contributed by atoms with Gasteiger partial charge < -0.3 is 10.1 Å². The maximum Gasteiger partial charge on any atom is 0.236 e. The molecule has 6 nitrogen and oxygen atoms in total. The van der Waals surface area contributed by atoms with E-state index in [-0.39, 0.29) is 11.7 Å². The molecule has 0 atom stereocenters. The molecule has 1 amide bonds. The second kappa shape index (κ2) is 7.14. The molecule has 24 heavy (non-hydrogen) atoms. The van der Waals surface area contributed by atoms with Crippen LogP contribution in [0.2, 0.25) is 0 Å². The quantitative estimate of drug-likeness (QED) is 0.555. The van der Waals surface area contributed by atoms with Crippen LogP contribution in [0, 0.1) is 13.8 Å². The Kier molecular flexibility index (Phi) is 4.96. The molecule has 2 aromatic heterocycles. The van der Waals surface area contributed by atoms with Crippen LogP contribution in [0.1, 0.15) is 11.3 Å². The van der Waals surface area contributed by atoms with Crippen molar-refractivity contribution in [3.63, 3.8) is 0 Å². The average molecular weight is 360 g/mol. The molecule has 0 fully saturated rings. The Hall–Kier alpha value is -2.19. The van der Waals surface area contributed by atoms with Crippen molar-refractivity contribution in [2.24, 2.45) is 0 Å². The summed E-state index contributed by atoms with van der Waals surface area (Å²) in [5.74, 6) is 0.854. The van der Waals surface area contributed by atoms with Crippen molar-refractivity contribution in [3.8, 4) is 5.75 Å². The van der Waals surface area contributed by atoms with Crippen LogP contribution in [0.3, 0.4) is 0 Å². The van der Waals surface area contributed by atoms with Gasteiger partial charge in [0.15, 0.2) is 10.3 Å². The van der Waals surface area contributed by atoms with Crippen LogP contribution in [-0.2, 0) is 4.79 Å². The van der Waals surface area contributed by atoms with E-state index in [2.05, 4.69) is 20.3 Å². The molecule has 0 saturated heterocycles. The van der Waals surface area contributed by atoms with Crippen molar-refractivity contribution in [3.05, 3.63) is 35.7 Å². The normalized spacial score (nSPS) is 10.8. The van der Waals surface area contributed by atoms with Gasteiger partial charge in [-0.1, -0.05) is 29.2 Å². The fourth-order valence-corrected chi connectivity index (χ4v) is 3.83. The maximum absolute atomic E-state index is 12.1. The van der Waals surface area contributed by atoms with Crippen molar-refractivity contribution in [1.29, 1.82) is 0 Å². The molecule has 0 spiro atoms. The van der Waals surface area contributed by atoms with E-state index in [4.69, 9.17) is 4.74 Å². The predicted octanol–water partition coefficient (Wildman–Crippen LogP) is 3.44. The lowest BCUT2D eigenvalue weighted by molar-refractivity contribution is -0.113. The highest BCUT2D eigenvalue weighted by Crippen LogP contribution is 2.35. The lowest BCUT2D eigenvalue weighted by atomic mass is 10.2. The van der Waals surface area contributed by atoms with Gasteiger partial charge >= 0.3 is 0 Å². The first-order chi connectivity index (χ1) is 11.6. The van der Waals surface area contributed by atoms with Crippen molar-refractivity contribution in [2.45, 2.75) is 19.0 Å². The van der Waals surface area contributed by atoms with Crippen LogP contribution in [0.15, 0.2) is 29.6 Å². The van der Waals surface area contributed by atoms with E-state index in [1.807, 2.05) is 32.0 Å². The zero-order chi connectivity index (χ0) is 17.1. The first-order valence-corrected chi connectivity index (χ1v) is 9.03. The summed E-state index contributed by atoms with van der Waals surface area (Å²) in [6, 6.07) is 5.69. The molecule has 8 heteroatoms. The smallest absolute Gasteiger partial charge is 0.236 e. The minimum absolute atomic E-state index is 0.138. The number of hydrogen-bond donors (Lipinski definition) is 1. The van der Waals surface area contributed by atoms with Crippen molar-refractivity contribution >= 4 is 44.4 Å². The molecule has 0 saturated carbocycles. The van der Waals surface area contributed by atoms with Crippen LogP contribution in [-0.4, -0.2) is 33.7 Å². The second-order valence-corrected chi connectivity index (χ2v) is 7.04. The first-order valence-electron chi connectivity index (χ1n) is 7.23. The van der Waals surface area contributed by atoms with E-state index < -0.39 is 0 Å². The predicted molar refractivity (Wildman–Crippen MR) is 97.0 cm³/mol. The summed E-state index contributed by atoms with van der Waals surface area (Å²) in [6.45, 7) is 3.88. The highest BCUT2D eigenvalue weighted by atomic mass is 32.2. The summed E-state index contributed by atoms with van der Waals surface area (Å²) in [6.07, 6.45) is 1.69. The van der Waals surface area contributed by atoms with Crippen molar-refractivity contribution in [2.75, 3.05) is 18.2 Å². The zero-order valence-electron chi connectivity index (χ0n) is 13.5. The van der Waals surface area contributed by atoms with Gasteiger partial charge in [-0.15, -0.1) is 0 Å². The van der Waals surface area contributed by atoms with E-state index in [1.54, 1.807) is 13.3 Å². The number of amides is 1. The Labute approximate surface area is 147 Å². The fraction of sp³-hybridized carbons (Fsp3) is 0.250. The number of anilines is 1. The number of carbonyl (C=O) groups is 1. The van der Waals surface area contributed by atoms with E-state index in [1.165, 1.54) is 23.1 Å². The number of fused-ring (bicyclic) bond motifs is 1. The molecule has 2 heterocycles. The largest absolute Gasteiger partial charge is 0.495 e. The topological polar surface area (TPSA) is 77.0 Å². The van der Waals surface area contributed by atoms with E-state index in [9.17, 15) is 4.79 Å². The molecule has 0 aliphatic rings. The molecule has 3 rings (SSSR count). The monoisotopic (exact) mass is 360 g/mol. The van der Waals surface area contributed by atoms with E-state index in [0.29, 0.717) is 10.3 Å². The number of ether oxygens (including phenoxy) is 1. The van der Waals surface area contributed by atoms with Crippen molar-refractivity contribution in [1.82, 2.24) is 15.0 Å². The number of hydrogen-bond acceptors (Lipinski definition) is 7. The van der Waals surface area contributed by atoms with E-state index in [0.717, 1.165) is 27.2 Å². The minimum Gasteiger partial charge on any atom is -0.495 e. The van der Waals surface area contributed by atoms with Crippen LogP contribution >= 0.6 is 23.1 Å². The third-order valence-corrected chi connectivity index (χ3v) is 5.13. The lowest BCUT2D eigenvalue weighted by Gasteiger charge is -2.01. The summed E-state index contributed by atoms with van der Waals surface area (Å²) in [5, 5.41) is 3.98. The second-order valence-electron chi connectivity index (χ2n) is 5.10. The molecule has 124 valence electrons. The number of benzene rings is 1. The van der Waals surface area contributed by atoms with Gasteiger partial charge in [0.05, 0.1) is 23.1 Å². The first kappa shape index (κ1) is 16.7. The SMILES string of the molecule is COc1ccc(C)c2nc(NC(=O)CSc3nccc(C)n3)sc12. The maximum atomic E-state index is 12.1. The number of aromatic nitrogens is 3. The Morgan fingerprint density at radius 2 is 2.12 bits per heavy atom. The van der Waals surface area contributed by atoms with Gasteiger partial charge in [0.1, 0.15) is 5.75 Å². The highest BCUT2D eigenvalue weighted by molar-refractivity contribution is 7.99. The third kappa shape index (κ3) is 3.65. The van der Waals surface area contributed by atoms with Gasteiger partial charge in [0, 0.05) is 11.9 Å². The van der Waals surface area contributed by atoms with Crippen LogP contribution in [0.4, 0.5) is 5.13 Å². The van der Waals surface area contributed by atoms with Gasteiger partial charge in [-0.2, -0.15) is 0 Å². The molecule has 1 N–H and O–H groups in total. The van der Waals surface area contributed by atoms with Gasteiger partial charge in [-0.05, 0) is 31.5 Å². The van der Waals surface area contributed by atoms with Gasteiger partial charge in [0.2, 0.25) is 5.91 Å². The molecule has 1 aromatic carbocycles. The molecular weight excluding hydrogens is 344 g/mol. The number of carbonyl (C=O) groups excluding carboxylic acids is 1. The van der Waals surface area contributed by atoms with Crippen molar-refractivity contribution < 1.29 is 9.53 Å². The Morgan fingerprint density at radius 3 is 2.88 bits per heavy atom. The summed E-state index contributed by atoms with van der Waals surface area (Å²) >= 11 is 2.70.